The van der Waals surface area contributed by atoms with Gasteiger partial charge >= 0.3 is 0 Å². The van der Waals surface area contributed by atoms with Gasteiger partial charge in [-0.1, -0.05) is 0 Å². The van der Waals surface area contributed by atoms with Gasteiger partial charge in [0.25, 0.3) is 10.0 Å². The van der Waals surface area contributed by atoms with Gasteiger partial charge in [0.05, 0.1) is 22.6 Å². The number of sulfonamides is 1. The highest BCUT2D eigenvalue weighted by Crippen LogP contribution is 2.22. The number of nitrogens with one attached hydrogen (secondary N) is 1. The first-order valence-corrected chi connectivity index (χ1v) is 7.17. The lowest BCUT2D eigenvalue weighted by atomic mass is 10.4. The first kappa shape index (κ1) is 13.6. The number of aromatic hydroxyl groups is 1. The molecule has 0 saturated heterocycles. The standard InChI is InChI=1S/C9H8BrN5O3S/c10-6-4-13-9(15-8(6)16)14-5-1-2-7(12-3-5)19(11,17)18/h1-4H,(H2,11,17,18)(H2,13,14,15,16). The lowest BCUT2D eigenvalue weighted by Gasteiger charge is -2.05. The first-order chi connectivity index (χ1) is 8.86. The minimum absolute atomic E-state index is 0.144. The maximum Gasteiger partial charge on any atom is 0.255 e. The number of hydrogen-bond donors (Lipinski definition) is 3. The molecule has 0 unspecified atom stereocenters. The molecule has 0 aliphatic rings. The maximum atomic E-state index is 11.0. The van der Waals surface area contributed by atoms with E-state index in [1.54, 1.807) is 0 Å². The van der Waals surface area contributed by atoms with Crippen molar-refractivity contribution in [3.63, 3.8) is 0 Å². The van der Waals surface area contributed by atoms with E-state index in [1.165, 1.54) is 24.5 Å². The number of nitrogens with two attached hydrogens (primary N) is 1. The largest absolute Gasteiger partial charge is 0.492 e. The quantitative estimate of drug-likeness (QED) is 0.746. The zero-order valence-corrected chi connectivity index (χ0v) is 11.7. The summed E-state index contributed by atoms with van der Waals surface area (Å²) in [6, 6.07) is 2.70. The number of rotatable bonds is 3. The fraction of sp³-hybridized carbons (Fsp3) is 0. The third-order valence-electron chi connectivity index (χ3n) is 2.01. The highest BCUT2D eigenvalue weighted by atomic mass is 79.9. The number of pyridine rings is 1. The van der Waals surface area contributed by atoms with Gasteiger partial charge in [-0.3, -0.25) is 0 Å². The Kier molecular flexibility index (Phi) is 3.64. The Bertz CT molecular complexity index is 704. The Hall–Kier alpha value is -1.78. The molecule has 100 valence electrons. The minimum Gasteiger partial charge on any atom is -0.492 e. The van der Waals surface area contributed by atoms with Gasteiger partial charge < -0.3 is 10.4 Å². The summed E-state index contributed by atoms with van der Waals surface area (Å²) in [5, 5.41) is 16.8. The van der Waals surface area contributed by atoms with Crippen LogP contribution in [0.25, 0.3) is 0 Å². The molecule has 10 heteroatoms. The van der Waals surface area contributed by atoms with Crippen molar-refractivity contribution in [2.45, 2.75) is 5.03 Å². The molecule has 0 spiro atoms. The maximum absolute atomic E-state index is 11.0. The molecule has 2 aromatic heterocycles. The van der Waals surface area contributed by atoms with Gasteiger partial charge in [0.15, 0.2) is 5.03 Å². The van der Waals surface area contributed by atoms with Crippen LogP contribution in [0.1, 0.15) is 0 Å². The summed E-state index contributed by atoms with van der Waals surface area (Å²) in [6.45, 7) is 0. The van der Waals surface area contributed by atoms with E-state index in [4.69, 9.17) is 5.14 Å². The van der Waals surface area contributed by atoms with Crippen molar-refractivity contribution in [1.29, 1.82) is 0 Å². The molecule has 0 aromatic carbocycles. The van der Waals surface area contributed by atoms with E-state index >= 15 is 0 Å². The normalized spacial score (nSPS) is 11.3. The summed E-state index contributed by atoms with van der Waals surface area (Å²) in [7, 11) is -3.82. The number of anilines is 2. The van der Waals surface area contributed by atoms with Gasteiger partial charge in [0.2, 0.25) is 11.8 Å². The molecule has 0 bridgehead atoms. The van der Waals surface area contributed by atoms with E-state index in [0.29, 0.717) is 10.2 Å². The molecule has 4 N–H and O–H groups in total. The van der Waals surface area contributed by atoms with Crippen LogP contribution in [0.2, 0.25) is 0 Å². The highest BCUT2D eigenvalue weighted by Gasteiger charge is 2.09. The van der Waals surface area contributed by atoms with Gasteiger partial charge in [0.1, 0.15) is 0 Å². The van der Waals surface area contributed by atoms with Crippen LogP contribution >= 0.6 is 15.9 Å². The Labute approximate surface area is 116 Å². The number of primary sulfonamides is 1. The van der Waals surface area contributed by atoms with Gasteiger partial charge in [0, 0.05) is 0 Å². The SMILES string of the molecule is NS(=O)(=O)c1ccc(Nc2ncc(Br)c(O)n2)cn1. The molecular weight excluding hydrogens is 338 g/mol. The Morgan fingerprint density at radius 1 is 1.26 bits per heavy atom. The molecule has 0 atom stereocenters. The summed E-state index contributed by atoms with van der Waals surface area (Å²) in [6.07, 6.45) is 2.64. The number of nitrogens with zero attached hydrogens (tertiary/aromatic N) is 3. The summed E-state index contributed by atoms with van der Waals surface area (Å²) in [4.78, 5) is 11.3. The minimum atomic E-state index is -3.82. The molecule has 2 rings (SSSR count). The number of halogens is 1. The van der Waals surface area contributed by atoms with E-state index in [-0.39, 0.29) is 16.9 Å². The monoisotopic (exact) mass is 345 g/mol. The van der Waals surface area contributed by atoms with Crippen LogP contribution in [-0.4, -0.2) is 28.5 Å². The predicted molar refractivity (Wildman–Crippen MR) is 70.3 cm³/mol. The molecule has 0 fully saturated rings. The Balaban J connectivity index is 2.22. The van der Waals surface area contributed by atoms with Crippen LogP contribution in [0.5, 0.6) is 5.88 Å². The topological polar surface area (TPSA) is 131 Å². The summed E-state index contributed by atoms with van der Waals surface area (Å²) >= 11 is 3.05. The van der Waals surface area contributed by atoms with E-state index in [0.717, 1.165) is 0 Å². The highest BCUT2D eigenvalue weighted by molar-refractivity contribution is 9.10. The Morgan fingerprint density at radius 3 is 2.53 bits per heavy atom. The van der Waals surface area contributed by atoms with E-state index in [1.807, 2.05) is 0 Å². The fourth-order valence-corrected chi connectivity index (χ4v) is 1.82. The lowest BCUT2D eigenvalue weighted by Crippen LogP contribution is -2.13. The second kappa shape index (κ2) is 5.07. The molecule has 8 nitrogen and oxygen atoms in total. The van der Waals surface area contributed by atoms with Crippen LogP contribution in [0.3, 0.4) is 0 Å². The zero-order valence-electron chi connectivity index (χ0n) is 9.28. The average molecular weight is 346 g/mol. The second-order valence-electron chi connectivity index (χ2n) is 3.42. The van der Waals surface area contributed by atoms with Crippen molar-refractivity contribution in [2.24, 2.45) is 5.14 Å². The van der Waals surface area contributed by atoms with Crippen molar-refractivity contribution >= 4 is 37.6 Å². The van der Waals surface area contributed by atoms with Crippen molar-refractivity contribution in [2.75, 3.05) is 5.32 Å². The van der Waals surface area contributed by atoms with E-state index < -0.39 is 10.0 Å². The molecule has 0 saturated carbocycles. The zero-order chi connectivity index (χ0) is 14.0. The molecule has 19 heavy (non-hydrogen) atoms. The van der Waals surface area contributed by atoms with Crippen LogP contribution in [0.4, 0.5) is 11.6 Å². The summed E-state index contributed by atoms with van der Waals surface area (Å²) < 4.78 is 22.4. The second-order valence-corrected chi connectivity index (χ2v) is 5.78. The van der Waals surface area contributed by atoms with E-state index in [2.05, 4.69) is 36.2 Å². The molecule has 2 heterocycles. The number of aromatic nitrogens is 3. The average Bonchev–Trinajstić information content (AvgIpc) is 2.33. The van der Waals surface area contributed by atoms with Gasteiger partial charge in [-0.2, -0.15) is 4.98 Å². The molecule has 0 aliphatic heterocycles. The fourth-order valence-electron chi connectivity index (χ4n) is 1.17. The lowest BCUT2D eigenvalue weighted by molar-refractivity contribution is 0.449. The van der Waals surface area contributed by atoms with Gasteiger partial charge in [-0.05, 0) is 28.1 Å². The number of hydrogen-bond acceptors (Lipinski definition) is 7. The smallest absolute Gasteiger partial charge is 0.255 e. The predicted octanol–water partition coefficient (Wildman–Crippen LogP) is 0.731. The summed E-state index contributed by atoms with van der Waals surface area (Å²) in [5.41, 5.74) is 0.453. The van der Waals surface area contributed by atoms with Crippen LogP contribution < -0.4 is 10.5 Å². The molecule has 0 aliphatic carbocycles. The van der Waals surface area contributed by atoms with E-state index in [9.17, 15) is 13.5 Å². The van der Waals surface area contributed by atoms with Crippen LogP contribution in [-0.2, 0) is 10.0 Å². The Morgan fingerprint density at radius 2 is 2.00 bits per heavy atom. The first-order valence-electron chi connectivity index (χ1n) is 4.83. The van der Waals surface area contributed by atoms with Crippen LogP contribution in [0.15, 0.2) is 34.0 Å². The van der Waals surface area contributed by atoms with Crippen molar-refractivity contribution in [3.8, 4) is 5.88 Å². The van der Waals surface area contributed by atoms with Crippen LogP contribution in [0, 0.1) is 0 Å². The molecule has 0 amide bonds. The van der Waals surface area contributed by atoms with Crippen molar-refractivity contribution in [1.82, 2.24) is 15.0 Å². The van der Waals surface area contributed by atoms with Gasteiger partial charge in [-0.25, -0.2) is 23.5 Å². The van der Waals surface area contributed by atoms with Crippen molar-refractivity contribution in [3.05, 3.63) is 29.0 Å². The molecule has 0 radical (unpaired) electrons. The third kappa shape index (κ3) is 3.36. The van der Waals surface area contributed by atoms with Crippen molar-refractivity contribution < 1.29 is 13.5 Å². The molecule has 2 aromatic rings. The van der Waals surface area contributed by atoms with Gasteiger partial charge in [-0.15, -0.1) is 0 Å². The summed E-state index contributed by atoms with van der Waals surface area (Å²) in [5.74, 6) is -0.0718. The third-order valence-corrected chi connectivity index (χ3v) is 3.39. The molecular formula is C9H8BrN5O3S.